The lowest BCUT2D eigenvalue weighted by molar-refractivity contribution is -0.138. The van der Waals surface area contributed by atoms with Crippen molar-refractivity contribution in [3.05, 3.63) is 70.5 Å². The molecule has 0 aliphatic heterocycles. The van der Waals surface area contributed by atoms with E-state index in [0.717, 1.165) is 5.56 Å². The van der Waals surface area contributed by atoms with E-state index in [9.17, 15) is 14.0 Å². The van der Waals surface area contributed by atoms with E-state index in [1.54, 1.807) is 42.2 Å². The van der Waals surface area contributed by atoms with E-state index >= 15 is 0 Å². The second-order valence-electron chi connectivity index (χ2n) is 7.55. The molecule has 0 spiro atoms. The van der Waals surface area contributed by atoms with Crippen molar-refractivity contribution >= 4 is 35.2 Å². The van der Waals surface area contributed by atoms with E-state index in [1.165, 1.54) is 17.8 Å². The molecule has 0 bridgehead atoms. The molecule has 2 aromatic rings. The third-order valence-corrected chi connectivity index (χ3v) is 5.74. The predicted octanol–water partition coefficient (Wildman–Crippen LogP) is 4.90. The Labute approximate surface area is 187 Å². The molecule has 7 heteroatoms. The maximum Gasteiger partial charge on any atom is 0.242 e. The van der Waals surface area contributed by atoms with Crippen LogP contribution in [-0.2, 0) is 21.9 Å². The molecule has 2 amide bonds. The number of rotatable bonds is 10. The molecule has 1 N–H and O–H groups in total. The van der Waals surface area contributed by atoms with Gasteiger partial charge in [-0.25, -0.2) is 4.39 Å². The molecule has 2 rings (SSSR count). The molecule has 2 aromatic carbocycles. The highest BCUT2D eigenvalue weighted by atomic mass is 35.5. The largest absolute Gasteiger partial charge is 0.354 e. The van der Waals surface area contributed by atoms with Crippen LogP contribution in [0.3, 0.4) is 0 Å². The molecule has 0 saturated carbocycles. The summed E-state index contributed by atoms with van der Waals surface area (Å²) in [5.41, 5.74) is 1.40. The number of halogens is 2. The minimum atomic E-state index is -0.635. The van der Waals surface area contributed by atoms with Crippen molar-refractivity contribution < 1.29 is 14.0 Å². The number of hydrogen-bond acceptors (Lipinski definition) is 3. The quantitative estimate of drug-likeness (QED) is 0.560. The molecule has 0 radical (unpaired) electrons. The summed E-state index contributed by atoms with van der Waals surface area (Å²) in [7, 11) is 0. The van der Waals surface area contributed by atoms with Gasteiger partial charge in [0.1, 0.15) is 11.9 Å². The SMILES string of the molecule is CC(C)CNC(=O)C(C)N(Cc1cccc(Cl)c1)C(=O)CSCc1ccccc1F. The molecule has 0 aromatic heterocycles. The number of benzene rings is 2. The summed E-state index contributed by atoms with van der Waals surface area (Å²) in [4.78, 5) is 27.1. The van der Waals surface area contributed by atoms with E-state index < -0.39 is 6.04 Å². The molecule has 0 saturated heterocycles. The maximum atomic E-state index is 13.8. The summed E-state index contributed by atoms with van der Waals surface area (Å²) in [5, 5.41) is 3.46. The zero-order valence-corrected chi connectivity index (χ0v) is 19.1. The number of nitrogens with one attached hydrogen (secondary N) is 1. The van der Waals surface area contributed by atoms with Gasteiger partial charge >= 0.3 is 0 Å². The normalized spacial score (nSPS) is 11.9. The minimum Gasteiger partial charge on any atom is -0.354 e. The third kappa shape index (κ3) is 7.65. The third-order valence-electron chi connectivity index (χ3n) is 4.53. The average molecular weight is 451 g/mol. The van der Waals surface area contributed by atoms with Gasteiger partial charge in [0, 0.05) is 23.9 Å². The van der Waals surface area contributed by atoms with Crippen molar-refractivity contribution in [3.8, 4) is 0 Å². The standard InChI is InChI=1S/C23H28ClFN2O2S/c1-16(2)12-26-23(29)17(3)27(13-18-7-6-9-20(24)11-18)22(28)15-30-14-19-8-4-5-10-21(19)25/h4-11,16-17H,12-15H2,1-3H3,(H,26,29). The molecular formula is C23H28ClFN2O2S. The Morgan fingerprint density at radius 3 is 2.53 bits per heavy atom. The van der Waals surface area contributed by atoms with Crippen molar-refractivity contribution in [2.75, 3.05) is 12.3 Å². The zero-order chi connectivity index (χ0) is 22.1. The van der Waals surface area contributed by atoms with Crippen molar-refractivity contribution in [1.29, 1.82) is 0 Å². The van der Waals surface area contributed by atoms with Crippen molar-refractivity contribution in [2.45, 2.75) is 39.1 Å². The molecule has 162 valence electrons. The summed E-state index contributed by atoms with van der Waals surface area (Å²) in [6.45, 7) is 6.57. The highest BCUT2D eigenvalue weighted by Crippen LogP contribution is 2.19. The Kier molecular flexibility index (Phi) is 9.66. The number of thioether (sulfide) groups is 1. The topological polar surface area (TPSA) is 49.4 Å². The van der Waals surface area contributed by atoms with Crippen LogP contribution in [-0.4, -0.2) is 35.1 Å². The van der Waals surface area contributed by atoms with E-state index in [-0.39, 0.29) is 29.9 Å². The van der Waals surface area contributed by atoms with Crippen LogP contribution in [0.1, 0.15) is 31.9 Å². The van der Waals surface area contributed by atoms with E-state index in [0.29, 0.717) is 28.8 Å². The van der Waals surface area contributed by atoms with Gasteiger partial charge in [0.05, 0.1) is 5.75 Å². The Morgan fingerprint density at radius 2 is 1.87 bits per heavy atom. The number of carbonyl (C=O) groups is 2. The van der Waals surface area contributed by atoms with Crippen LogP contribution in [0.2, 0.25) is 5.02 Å². The minimum absolute atomic E-state index is 0.150. The van der Waals surface area contributed by atoms with Crippen LogP contribution in [0.15, 0.2) is 48.5 Å². The van der Waals surface area contributed by atoms with E-state index in [1.807, 2.05) is 26.0 Å². The van der Waals surface area contributed by atoms with Crippen molar-refractivity contribution in [2.24, 2.45) is 5.92 Å². The van der Waals surface area contributed by atoms with Gasteiger partial charge in [0.25, 0.3) is 0 Å². The first-order valence-electron chi connectivity index (χ1n) is 9.90. The lowest BCUT2D eigenvalue weighted by atomic mass is 10.1. The summed E-state index contributed by atoms with van der Waals surface area (Å²) >= 11 is 7.41. The Bertz CT molecular complexity index is 863. The van der Waals surface area contributed by atoms with Crippen LogP contribution < -0.4 is 5.32 Å². The highest BCUT2D eigenvalue weighted by Gasteiger charge is 2.26. The van der Waals surface area contributed by atoms with Gasteiger partial charge in [0.2, 0.25) is 11.8 Å². The molecule has 0 fully saturated rings. The average Bonchev–Trinajstić information content (AvgIpc) is 2.71. The molecule has 4 nitrogen and oxygen atoms in total. The summed E-state index contributed by atoms with van der Waals surface area (Å²) < 4.78 is 13.8. The molecule has 1 atom stereocenters. The number of carbonyl (C=O) groups excluding carboxylic acids is 2. The lowest BCUT2D eigenvalue weighted by Gasteiger charge is -2.29. The fourth-order valence-electron chi connectivity index (χ4n) is 2.81. The first kappa shape index (κ1) is 24.2. The molecule has 0 aliphatic rings. The second kappa shape index (κ2) is 12.0. The fourth-order valence-corrected chi connectivity index (χ4v) is 3.92. The number of amides is 2. The van der Waals surface area contributed by atoms with Gasteiger partial charge in [-0.1, -0.05) is 55.8 Å². The molecule has 0 heterocycles. The van der Waals surface area contributed by atoms with Gasteiger partial charge in [0.15, 0.2) is 0 Å². The van der Waals surface area contributed by atoms with Crippen molar-refractivity contribution in [3.63, 3.8) is 0 Å². The van der Waals surface area contributed by atoms with Gasteiger partial charge < -0.3 is 10.2 Å². The monoisotopic (exact) mass is 450 g/mol. The molecular weight excluding hydrogens is 423 g/mol. The van der Waals surface area contributed by atoms with Gasteiger partial charge in [-0.15, -0.1) is 11.8 Å². The summed E-state index contributed by atoms with van der Waals surface area (Å²) in [6, 6.07) is 13.1. The van der Waals surface area contributed by atoms with Gasteiger partial charge in [-0.2, -0.15) is 0 Å². The van der Waals surface area contributed by atoms with Crippen molar-refractivity contribution in [1.82, 2.24) is 10.2 Å². The predicted molar refractivity (Wildman–Crippen MR) is 122 cm³/mol. The highest BCUT2D eigenvalue weighted by molar-refractivity contribution is 7.99. The zero-order valence-electron chi connectivity index (χ0n) is 17.5. The smallest absolute Gasteiger partial charge is 0.242 e. The lowest BCUT2D eigenvalue weighted by Crippen LogP contribution is -2.48. The maximum absolute atomic E-state index is 13.8. The number of nitrogens with zero attached hydrogens (tertiary/aromatic N) is 1. The van der Waals surface area contributed by atoms with E-state index in [4.69, 9.17) is 11.6 Å². The first-order valence-corrected chi connectivity index (χ1v) is 11.4. The van der Waals surface area contributed by atoms with Crippen LogP contribution in [0.5, 0.6) is 0 Å². The fraction of sp³-hybridized carbons (Fsp3) is 0.391. The molecule has 30 heavy (non-hydrogen) atoms. The number of hydrogen-bond donors (Lipinski definition) is 1. The van der Waals surface area contributed by atoms with Crippen LogP contribution in [0, 0.1) is 11.7 Å². The second-order valence-corrected chi connectivity index (χ2v) is 8.97. The molecule has 1 unspecified atom stereocenters. The van der Waals surface area contributed by atoms with Crippen LogP contribution in [0.25, 0.3) is 0 Å². The Hall–Kier alpha value is -2.05. The summed E-state index contributed by atoms with van der Waals surface area (Å²) in [6.07, 6.45) is 0. The summed E-state index contributed by atoms with van der Waals surface area (Å²) in [5.74, 6) is 0.194. The van der Waals surface area contributed by atoms with Gasteiger partial charge in [-0.3, -0.25) is 9.59 Å². The Morgan fingerprint density at radius 1 is 1.13 bits per heavy atom. The van der Waals surface area contributed by atoms with Crippen LogP contribution >= 0.6 is 23.4 Å². The molecule has 0 aliphatic carbocycles. The first-order chi connectivity index (χ1) is 14.3. The van der Waals surface area contributed by atoms with Crippen LogP contribution in [0.4, 0.5) is 4.39 Å². The van der Waals surface area contributed by atoms with Gasteiger partial charge in [-0.05, 0) is 42.2 Å². The van der Waals surface area contributed by atoms with E-state index in [2.05, 4.69) is 5.32 Å². The Balaban J connectivity index is 2.07.